The number of nitrogens with zero attached hydrogens (tertiary/aromatic N) is 8. The lowest BCUT2D eigenvalue weighted by Gasteiger charge is -2.29. The van der Waals surface area contributed by atoms with Gasteiger partial charge < -0.3 is 24.4 Å². The van der Waals surface area contributed by atoms with E-state index in [1.165, 1.54) is 31.3 Å². The predicted molar refractivity (Wildman–Crippen MR) is 161 cm³/mol. The minimum atomic E-state index is -1.58. The van der Waals surface area contributed by atoms with Crippen molar-refractivity contribution in [3.05, 3.63) is 28.4 Å². The van der Waals surface area contributed by atoms with Crippen LogP contribution in [0.3, 0.4) is 0 Å². The first-order chi connectivity index (χ1) is 21.4. The standard InChI is InChI=1S/C14H17Cl2FN4O.C13H16ClFN4O4/c1-4-7-14(3,5-2)9(17)12(22-7)21-6-18-8-10(15)19-13(16)20-11(8)21;1-13(4-21)6(3-20)23-11(8(13)15)19-5-16-7-9(19)17-12(14)18-10(7)22-2/h6-7,9,12H,4-5H2,1-3H3;5-6,8,11,20-21H,3-4H2,1-2H3/t7-,9+,12-,14?;6-,8+,11-,13?/m11/s1. The van der Waals surface area contributed by atoms with E-state index in [0.717, 1.165) is 6.42 Å². The quantitative estimate of drug-likeness (QED) is 0.200. The lowest BCUT2D eigenvalue weighted by Crippen LogP contribution is -2.40. The summed E-state index contributed by atoms with van der Waals surface area (Å²) in [6.45, 7) is 6.51. The fourth-order valence-electron chi connectivity index (χ4n) is 5.87. The van der Waals surface area contributed by atoms with Gasteiger partial charge in [-0.3, -0.25) is 9.13 Å². The van der Waals surface area contributed by atoms with Gasteiger partial charge in [0.05, 0.1) is 50.6 Å². The first-order valence-corrected chi connectivity index (χ1v) is 15.3. The van der Waals surface area contributed by atoms with Crippen LogP contribution in [0.5, 0.6) is 5.88 Å². The lowest BCUT2D eigenvalue weighted by molar-refractivity contribution is -0.0524. The molecule has 2 aliphatic rings. The third-order valence-corrected chi connectivity index (χ3v) is 9.54. The maximum absolute atomic E-state index is 15.1. The molecule has 6 heterocycles. The summed E-state index contributed by atoms with van der Waals surface area (Å²) < 4.78 is 49.5. The summed E-state index contributed by atoms with van der Waals surface area (Å²) in [6.07, 6.45) is -1.43. The van der Waals surface area contributed by atoms with E-state index in [4.69, 9.17) is 49.0 Å². The van der Waals surface area contributed by atoms with Crippen molar-refractivity contribution in [3.8, 4) is 5.88 Å². The lowest BCUT2D eigenvalue weighted by atomic mass is 9.78. The van der Waals surface area contributed by atoms with Crippen LogP contribution in [0.25, 0.3) is 22.3 Å². The Bertz CT molecular complexity index is 1680. The SMILES string of the molecule is CC[C@H]1O[C@@H](n2cnc3c(Cl)nc(Cl)nc32)[C@H](F)C1(C)CC.COc1nc(Cl)nc2c1ncn2[C@@H]1O[C@H](CO)C(C)(CO)[C@H]1F. The van der Waals surface area contributed by atoms with Crippen LogP contribution in [0, 0.1) is 10.8 Å². The number of halogens is 5. The smallest absolute Gasteiger partial charge is 0.246 e. The summed E-state index contributed by atoms with van der Waals surface area (Å²) in [5, 5.41) is 19.0. The Labute approximate surface area is 271 Å². The molecule has 4 aromatic rings. The van der Waals surface area contributed by atoms with Crippen molar-refractivity contribution < 1.29 is 33.2 Å². The van der Waals surface area contributed by atoms with E-state index in [2.05, 4.69) is 29.9 Å². The molecule has 0 bridgehead atoms. The van der Waals surface area contributed by atoms with Gasteiger partial charge in [-0.05, 0) is 36.0 Å². The molecule has 0 aromatic carbocycles. The Hall–Kier alpha value is -2.53. The second-order valence-corrected chi connectivity index (χ2v) is 12.4. The van der Waals surface area contributed by atoms with Gasteiger partial charge in [0.1, 0.15) is 5.52 Å². The van der Waals surface area contributed by atoms with Gasteiger partial charge in [0.15, 0.2) is 46.8 Å². The molecule has 13 nitrogen and oxygen atoms in total. The maximum Gasteiger partial charge on any atom is 0.246 e. The minimum Gasteiger partial charge on any atom is -0.479 e. The average Bonchev–Trinajstić information content (AvgIpc) is 3.76. The van der Waals surface area contributed by atoms with Gasteiger partial charge in [-0.2, -0.15) is 15.0 Å². The van der Waals surface area contributed by atoms with Crippen molar-refractivity contribution in [1.82, 2.24) is 39.0 Å². The van der Waals surface area contributed by atoms with E-state index in [1.54, 1.807) is 4.57 Å². The number of methoxy groups -OCH3 is 1. The average molecular weight is 694 g/mol. The normalized spacial score (nSPS) is 31.5. The molecule has 0 aliphatic carbocycles. The number of hydrogen-bond acceptors (Lipinski definition) is 11. The van der Waals surface area contributed by atoms with E-state index in [9.17, 15) is 14.6 Å². The first-order valence-electron chi connectivity index (χ1n) is 14.2. The Morgan fingerprint density at radius 3 is 1.87 bits per heavy atom. The molecule has 2 unspecified atom stereocenters. The van der Waals surface area contributed by atoms with E-state index in [0.29, 0.717) is 23.1 Å². The number of rotatable bonds is 7. The zero-order valence-corrected chi connectivity index (χ0v) is 27.3. The van der Waals surface area contributed by atoms with Gasteiger partial charge in [-0.1, -0.05) is 39.3 Å². The molecule has 0 radical (unpaired) electrons. The highest BCUT2D eigenvalue weighted by Crippen LogP contribution is 2.49. The van der Waals surface area contributed by atoms with Gasteiger partial charge in [0, 0.05) is 5.41 Å². The van der Waals surface area contributed by atoms with Gasteiger partial charge in [-0.15, -0.1) is 0 Å². The van der Waals surface area contributed by atoms with Crippen molar-refractivity contribution in [2.24, 2.45) is 10.8 Å². The molecule has 0 spiro atoms. The van der Waals surface area contributed by atoms with Crippen LogP contribution in [0.4, 0.5) is 8.78 Å². The van der Waals surface area contributed by atoms with Gasteiger partial charge in [-0.25, -0.2) is 23.7 Å². The van der Waals surface area contributed by atoms with Gasteiger partial charge in [0.25, 0.3) is 0 Å². The Kier molecular flexibility index (Phi) is 9.72. The number of aromatic nitrogens is 8. The molecule has 2 N–H and O–H groups in total. The van der Waals surface area contributed by atoms with E-state index in [-0.39, 0.29) is 33.4 Å². The van der Waals surface area contributed by atoms with Crippen LogP contribution in [-0.2, 0) is 9.47 Å². The molecule has 246 valence electrons. The zero-order valence-electron chi connectivity index (χ0n) is 25.0. The van der Waals surface area contributed by atoms with Crippen LogP contribution < -0.4 is 4.74 Å². The van der Waals surface area contributed by atoms with Crippen molar-refractivity contribution >= 4 is 57.1 Å². The number of hydrogen-bond donors (Lipinski definition) is 2. The topological polar surface area (TPSA) is 155 Å². The van der Waals surface area contributed by atoms with Crippen molar-refractivity contribution in [2.75, 3.05) is 20.3 Å². The number of alkyl halides is 2. The van der Waals surface area contributed by atoms with Crippen molar-refractivity contribution in [2.45, 2.75) is 77.5 Å². The molecular weight excluding hydrogens is 661 g/mol. The van der Waals surface area contributed by atoms with E-state index >= 15 is 4.39 Å². The fraction of sp³-hybridized carbons (Fsp3) is 0.630. The molecule has 18 heteroatoms. The van der Waals surface area contributed by atoms with Crippen molar-refractivity contribution in [3.63, 3.8) is 0 Å². The number of fused-ring (bicyclic) bond motifs is 2. The Morgan fingerprint density at radius 2 is 1.38 bits per heavy atom. The third-order valence-electron chi connectivity index (χ3n) is 8.93. The number of imidazole rings is 2. The molecule has 6 rings (SSSR count). The van der Waals surface area contributed by atoms with Gasteiger partial charge >= 0.3 is 0 Å². The zero-order chi connectivity index (χ0) is 32.8. The minimum absolute atomic E-state index is 0.00190. The van der Waals surface area contributed by atoms with Crippen LogP contribution >= 0.6 is 34.8 Å². The third kappa shape index (κ3) is 5.59. The van der Waals surface area contributed by atoms with Crippen LogP contribution in [0.1, 0.15) is 53.0 Å². The molecule has 8 atom stereocenters. The highest BCUT2D eigenvalue weighted by atomic mass is 35.5. The number of aliphatic hydroxyl groups excluding tert-OH is 2. The summed E-state index contributed by atoms with van der Waals surface area (Å²) >= 11 is 17.7. The number of ether oxygens (including phenoxy) is 3. The molecule has 4 aromatic heterocycles. The van der Waals surface area contributed by atoms with Crippen LogP contribution in [-0.4, -0.2) is 94.1 Å². The number of aliphatic hydroxyl groups is 2. The monoisotopic (exact) mass is 692 g/mol. The molecule has 2 fully saturated rings. The summed E-state index contributed by atoms with van der Waals surface area (Å²) in [5.74, 6) is 0.163. The fourth-order valence-corrected chi connectivity index (χ4v) is 6.45. The second-order valence-electron chi connectivity index (χ2n) is 11.4. The summed E-state index contributed by atoms with van der Waals surface area (Å²) in [7, 11) is 1.41. The predicted octanol–water partition coefficient (Wildman–Crippen LogP) is 4.91. The largest absolute Gasteiger partial charge is 0.479 e. The molecule has 45 heavy (non-hydrogen) atoms. The molecule has 2 aliphatic heterocycles. The highest BCUT2D eigenvalue weighted by Gasteiger charge is 2.55. The van der Waals surface area contributed by atoms with Crippen molar-refractivity contribution in [1.29, 1.82) is 0 Å². The van der Waals surface area contributed by atoms with Crippen LogP contribution in [0.15, 0.2) is 12.7 Å². The molecule has 2 saturated heterocycles. The molecular formula is C27H33Cl3F2N8O5. The van der Waals surface area contributed by atoms with Gasteiger partial charge in [0.2, 0.25) is 16.4 Å². The van der Waals surface area contributed by atoms with E-state index in [1.807, 2.05) is 20.8 Å². The Morgan fingerprint density at radius 1 is 0.844 bits per heavy atom. The summed E-state index contributed by atoms with van der Waals surface area (Å²) in [6, 6.07) is 0. The summed E-state index contributed by atoms with van der Waals surface area (Å²) in [5.41, 5.74) is -0.458. The Balaban J connectivity index is 0.000000178. The molecule has 0 saturated carbocycles. The first kappa shape index (κ1) is 33.8. The maximum atomic E-state index is 15.1. The second kappa shape index (κ2) is 12.9. The summed E-state index contributed by atoms with van der Waals surface area (Å²) in [4.78, 5) is 24.2. The van der Waals surface area contributed by atoms with Crippen LogP contribution in [0.2, 0.25) is 15.7 Å². The van der Waals surface area contributed by atoms with E-state index < -0.39 is 54.9 Å². The molecule has 0 amide bonds. The highest BCUT2D eigenvalue weighted by molar-refractivity contribution is 6.35.